The zero-order chi connectivity index (χ0) is 14.5. The zero-order valence-corrected chi connectivity index (χ0v) is 13.0. The number of thiophene rings is 1. The summed E-state index contributed by atoms with van der Waals surface area (Å²) in [5.41, 5.74) is 8.94. The second kappa shape index (κ2) is 7.08. The smallest absolute Gasteiger partial charge is 0.275 e. The lowest BCUT2D eigenvalue weighted by atomic mass is 10.1. The molecule has 0 saturated carbocycles. The van der Waals surface area contributed by atoms with Gasteiger partial charge in [0.2, 0.25) is 0 Å². The van der Waals surface area contributed by atoms with Gasteiger partial charge in [-0.15, -0.1) is 11.3 Å². The third-order valence-corrected chi connectivity index (χ3v) is 5.60. The van der Waals surface area contributed by atoms with Crippen LogP contribution < -0.4 is 17.0 Å². The number of hydrogen-bond acceptors (Lipinski definition) is 5. The molecule has 4 nitrogen and oxygen atoms in total. The summed E-state index contributed by atoms with van der Waals surface area (Å²) in [5, 5.41) is 1.14. The summed E-state index contributed by atoms with van der Waals surface area (Å²) in [5.74, 6) is 7.34. The van der Waals surface area contributed by atoms with E-state index in [1.807, 2.05) is 18.2 Å². The highest BCUT2D eigenvalue weighted by atomic mass is 32.2. The van der Waals surface area contributed by atoms with Crippen molar-refractivity contribution in [3.8, 4) is 0 Å². The number of nitrogens with two attached hydrogens (primary N) is 2. The first-order valence-electron chi connectivity index (χ1n) is 6.46. The summed E-state index contributed by atoms with van der Waals surface area (Å²) in [4.78, 5) is 12.6. The van der Waals surface area contributed by atoms with Crippen molar-refractivity contribution >= 4 is 39.1 Å². The molecule has 0 aliphatic carbocycles. The minimum atomic E-state index is -0.214. The molecule has 20 heavy (non-hydrogen) atoms. The quantitative estimate of drug-likeness (QED) is 0.434. The SMILES string of the molecule is CC(CN)CSCc1c(C(=O)NN)sc2ccccc12. The van der Waals surface area contributed by atoms with Gasteiger partial charge in [-0.25, -0.2) is 5.84 Å². The first-order chi connectivity index (χ1) is 9.67. The number of thioether (sulfide) groups is 1. The van der Waals surface area contributed by atoms with Crippen LogP contribution in [0.25, 0.3) is 10.1 Å². The molecule has 1 atom stereocenters. The van der Waals surface area contributed by atoms with Gasteiger partial charge in [-0.05, 0) is 35.2 Å². The third kappa shape index (κ3) is 3.32. The highest BCUT2D eigenvalue weighted by Crippen LogP contribution is 2.34. The number of fused-ring (bicyclic) bond motifs is 1. The van der Waals surface area contributed by atoms with Gasteiger partial charge in [0.15, 0.2) is 0 Å². The van der Waals surface area contributed by atoms with Gasteiger partial charge in [-0.3, -0.25) is 10.2 Å². The minimum absolute atomic E-state index is 0.214. The molecule has 108 valence electrons. The molecule has 0 aliphatic rings. The number of rotatable bonds is 6. The summed E-state index contributed by atoms with van der Waals surface area (Å²) in [7, 11) is 0. The molecule has 6 heteroatoms. The van der Waals surface area contributed by atoms with Crippen molar-refractivity contribution in [3.63, 3.8) is 0 Å². The van der Waals surface area contributed by atoms with E-state index in [-0.39, 0.29) is 5.91 Å². The maximum Gasteiger partial charge on any atom is 0.275 e. The number of amides is 1. The highest BCUT2D eigenvalue weighted by molar-refractivity contribution is 7.98. The molecule has 2 aromatic rings. The average molecular weight is 309 g/mol. The lowest BCUT2D eigenvalue weighted by Crippen LogP contribution is -2.29. The molecule has 1 heterocycles. The molecule has 1 aromatic heterocycles. The number of carbonyl (C=O) groups is 1. The molecule has 0 aliphatic heterocycles. The van der Waals surface area contributed by atoms with Crippen LogP contribution in [0, 0.1) is 5.92 Å². The molecular formula is C14H19N3OS2. The fourth-order valence-corrected chi connectivity index (χ4v) is 4.30. The van der Waals surface area contributed by atoms with Gasteiger partial charge < -0.3 is 5.73 Å². The average Bonchev–Trinajstić information content (AvgIpc) is 2.85. The maximum atomic E-state index is 11.9. The summed E-state index contributed by atoms with van der Waals surface area (Å²) < 4.78 is 1.12. The predicted molar refractivity (Wildman–Crippen MR) is 87.9 cm³/mol. The number of nitrogens with one attached hydrogen (secondary N) is 1. The Hall–Kier alpha value is -1.08. The molecule has 1 aromatic carbocycles. The van der Waals surface area contributed by atoms with Gasteiger partial charge in [-0.2, -0.15) is 11.8 Å². The molecule has 2 rings (SSSR count). The van der Waals surface area contributed by atoms with Gasteiger partial charge in [0, 0.05) is 10.5 Å². The van der Waals surface area contributed by atoms with Crippen molar-refractivity contribution in [1.82, 2.24) is 5.43 Å². The summed E-state index contributed by atoms with van der Waals surface area (Å²) in [6, 6.07) is 8.07. The van der Waals surface area contributed by atoms with Crippen molar-refractivity contribution in [1.29, 1.82) is 0 Å². The lowest BCUT2D eigenvalue weighted by molar-refractivity contribution is 0.0957. The first kappa shape index (κ1) is 15.3. The molecule has 0 saturated heterocycles. The molecule has 5 N–H and O–H groups in total. The van der Waals surface area contributed by atoms with E-state index in [1.54, 1.807) is 11.8 Å². The summed E-state index contributed by atoms with van der Waals surface area (Å²) >= 11 is 3.30. The Balaban J connectivity index is 2.26. The van der Waals surface area contributed by atoms with E-state index >= 15 is 0 Å². The lowest BCUT2D eigenvalue weighted by Gasteiger charge is -2.08. The molecule has 1 amide bonds. The van der Waals surface area contributed by atoms with E-state index < -0.39 is 0 Å². The number of carbonyl (C=O) groups excluding carboxylic acids is 1. The molecule has 1 unspecified atom stereocenters. The van der Waals surface area contributed by atoms with Crippen LogP contribution in [0.5, 0.6) is 0 Å². The van der Waals surface area contributed by atoms with E-state index in [1.165, 1.54) is 11.3 Å². The summed E-state index contributed by atoms with van der Waals surface area (Å²) in [6.07, 6.45) is 0. The van der Waals surface area contributed by atoms with Crippen LogP contribution >= 0.6 is 23.1 Å². The van der Waals surface area contributed by atoms with Crippen LogP contribution in [0.15, 0.2) is 24.3 Å². The normalized spacial score (nSPS) is 12.6. The van der Waals surface area contributed by atoms with Crippen LogP contribution in [-0.4, -0.2) is 18.2 Å². The second-order valence-electron chi connectivity index (χ2n) is 4.74. The fourth-order valence-electron chi connectivity index (χ4n) is 1.92. The summed E-state index contributed by atoms with van der Waals surface area (Å²) in [6.45, 7) is 2.82. The zero-order valence-electron chi connectivity index (χ0n) is 11.4. The van der Waals surface area contributed by atoms with Gasteiger partial charge in [0.25, 0.3) is 5.91 Å². The Morgan fingerprint density at radius 3 is 2.90 bits per heavy atom. The van der Waals surface area contributed by atoms with E-state index in [9.17, 15) is 4.79 Å². The van der Waals surface area contributed by atoms with Crippen LogP contribution in [-0.2, 0) is 5.75 Å². The van der Waals surface area contributed by atoms with Crippen LogP contribution in [0.2, 0.25) is 0 Å². The molecule has 0 bridgehead atoms. The van der Waals surface area contributed by atoms with Gasteiger partial charge in [0.1, 0.15) is 0 Å². The van der Waals surface area contributed by atoms with Gasteiger partial charge in [-0.1, -0.05) is 25.1 Å². The Morgan fingerprint density at radius 2 is 2.20 bits per heavy atom. The van der Waals surface area contributed by atoms with Crippen molar-refractivity contribution in [2.75, 3.05) is 12.3 Å². The van der Waals surface area contributed by atoms with Gasteiger partial charge >= 0.3 is 0 Å². The number of nitrogen functional groups attached to an aromatic ring is 1. The second-order valence-corrected chi connectivity index (χ2v) is 6.82. The maximum absolute atomic E-state index is 11.9. The Labute approximate surface area is 126 Å². The standard InChI is InChI=1S/C14H19N3OS2/c1-9(6-15)7-19-8-11-10-4-2-3-5-12(10)20-13(11)14(18)17-16/h2-5,9H,6-8,15-16H2,1H3,(H,17,18). The van der Waals surface area contributed by atoms with E-state index in [4.69, 9.17) is 11.6 Å². The van der Waals surface area contributed by atoms with Gasteiger partial charge in [0.05, 0.1) is 4.88 Å². The number of hydrogen-bond donors (Lipinski definition) is 3. The van der Waals surface area contributed by atoms with E-state index in [0.29, 0.717) is 17.3 Å². The molecule has 0 spiro atoms. The highest BCUT2D eigenvalue weighted by Gasteiger charge is 2.17. The fraction of sp³-hybridized carbons (Fsp3) is 0.357. The number of benzene rings is 1. The minimum Gasteiger partial charge on any atom is -0.330 e. The van der Waals surface area contributed by atoms with E-state index in [0.717, 1.165) is 27.2 Å². The van der Waals surface area contributed by atoms with Crippen molar-refractivity contribution in [2.45, 2.75) is 12.7 Å². The third-order valence-electron chi connectivity index (χ3n) is 3.09. The number of hydrazine groups is 1. The Bertz CT molecular complexity index is 597. The predicted octanol–water partition coefficient (Wildman–Crippen LogP) is 2.33. The Morgan fingerprint density at radius 1 is 1.45 bits per heavy atom. The molecule has 0 radical (unpaired) electrons. The molecule has 0 fully saturated rings. The largest absolute Gasteiger partial charge is 0.330 e. The van der Waals surface area contributed by atoms with Crippen molar-refractivity contribution in [2.24, 2.45) is 17.5 Å². The van der Waals surface area contributed by atoms with Crippen molar-refractivity contribution < 1.29 is 4.79 Å². The monoisotopic (exact) mass is 309 g/mol. The van der Waals surface area contributed by atoms with Crippen LogP contribution in [0.3, 0.4) is 0 Å². The Kier molecular flexibility index (Phi) is 5.42. The molecular weight excluding hydrogens is 290 g/mol. The van der Waals surface area contributed by atoms with Crippen LogP contribution in [0.1, 0.15) is 22.2 Å². The van der Waals surface area contributed by atoms with E-state index in [2.05, 4.69) is 18.4 Å². The first-order valence-corrected chi connectivity index (χ1v) is 8.43. The van der Waals surface area contributed by atoms with Crippen LogP contribution in [0.4, 0.5) is 0 Å². The topological polar surface area (TPSA) is 81.1 Å². The van der Waals surface area contributed by atoms with Crippen molar-refractivity contribution in [3.05, 3.63) is 34.7 Å².